The molecule has 2 aromatic carbocycles. The highest BCUT2D eigenvalue weighted by atomic mass is 19.2. The lowest BCUT2D eigenvalue weighted by Gasteiger charge is -2.09. The Labute approximate surface area is 102 Å². The third-order valence-corrected chi connectivity index (χ3v) is 2.27. The standard InChI is InChI=1S/C13H8F2N2O/c14-9-2-1-3-12(13(9)15)18-11-5-4-8(7-16)6-10(11)17/h1-6H,17H2. The molecule has 0 heterocycles. The topological polar surface area (TPSA) is 59.0 Å². The van der Waals surface area contributed by atoms with E-state index in [2.05, 4.69) is 0 Å². The maximum atomic E-state index is 13.4. The van der Waals surface area contributed by atoms with Crippen LogP contribution in [0.2, 0.25) is 0 Å². The predicted octanol–water partition coefficient (Wildman–Crippen LogP) is 3.21. The van der Waals surface area contributed by atoms with Crippen molar-refractivity contribution in [1.29, 1.82) is 5.26 Å². The molecule has 18 heavy (non-hydrogen) atoms. The number of nitrogen functional groups attached to an aromatic ring is 1. The van der Waals surface area contributed by atoms with Crippen LogP contribution in [0, 0.1) is 23.0 Å². The molecule has 0 spiro atoms. The summed E-state index contributed by atoms with van der Waals surface area (Å²) in [5.41, 5.74) is 6.18. The minimum absolute atomic E-state index is 0.165. The molecule has 5 heteroatoms. The van der Waals surface area contributed by atoms with Gasteiger partial charge in [0, 0.05) is 0 Å². The summed E-state index contributed by atoms with van der Waals surface area (Å²) in [5.74, 6) is -2.18. The molecule has 0 radical (unpaired) electrons. The molecule has 0 saturated carbocycles. The molecule has 0 aliphatic rings. The maximum Gasteiger partial charge on any atom is 0.201 e. The largest absolute Gasteiger partial charge is 0.452 e. The van der Waals surface area contributed by atoms with E-state index in [0.717, 1.165) is 6.07 Å². The van der Waals surface area contributed by atoms with Gasteiger partial charge in [0.1, 0.15) is 0 Å². The smallest absolute Gasteiger partial charge is 0.201 e. The Hall–Kier alpha value is -2.61. The van der Waals surface area contributed by atoms with E-state index in [9.17, 15) is 8.78 Å². The van der Waals surface area contributed by atoms with Crippen molar-refractivity contribution in [2.75, 3.05) is 5.73 Å². The molecule has 2 aromatic rings. The van der Waals surface area contributed by atoms with Crippen molar-refractivity contribution in [3.05, 3.63) is 53.6 Å². The van der Waals surface area contributed by atoms with Gasteiger partial charge >= 0.3 is 0 Å². The molecule has 0 amide bonds. The van der Waals surface area contributed by atoms with Crippen LogP contribution in [-0.2, 0) is 0 Å². The maximum absolute atomic E-state index is 13.4. The molecular formula is C13H8F2N2O. The van der Waals surface area contributed by atoms with E-state index < -0.39 is 11.6 Å². The van der Waals surface area contributed by atoms with E-state index in [-0.39, 0.29) is 17.2 Å². The van der Waals surface area contributed by atoms with Gasteiger partial charge < -0.3 is 10.5 Å². The minimum Gasteiger partial charge on any atom is -0.452 e. The number of nitrogens with zero attached hydrogens (tertiary/aromatic N) is 1. The van der Waals surface area contributed by atoms with Gasteiger partial charge in [-0.05, 0) is 30.3 Å². The van der Waals surface area contributed by atoms with Gasteiger partial charge in [-0.2, -0.15) is 9.65 Å². The number of hydrogen-bond acceptors (Lipinski definition) is 3. The number of benzene rings is 2. The lowest BCUT2D eigenvalue weighted by Crippen LogP contribution is -1.95. The Bertz CT molecular complexity index is 635. The fourth-order valence-electron chi connectivity index (χ4n) is 1.39. The van der Waals surface area contributed by atoms with E-state index >= 15 is 0 Å². The summed E-state index contributed by atoms with van der Waals surface area (Å²) in [5, 5.41) is 8.67. The fraction of sp³-hybridized carbons (Fsp3) is 0. The van der Waals surface area contributed by atoms with Gasteiger partial charge in [0.15, 0.2) is 17.3 Å². The van der Waals surface area contributed by atoms with Crippen molar-refractivity contribution in [1.82, 2.24) is 0 Å². The molecule has 0 aliphatic carbocycles. The zero-order valence-corrected chi connectivity index (χ0v) is 9.15. The summed E-state index contributed by atoms with van der Waals surface area (Å²) in [7, 11) is 0. The Morgan fingerprint density at radius 1 is 1.11 bits per heavy atom. The fourth-order valence-corrected chi connectivity index (χ4v) is 1.39. The summed E-state index contributed by atoms with van der Waals surface area (Å²) >= 11 is 0. The molecule has 0 aromatic heterocycles. The van der Waals surface area contributed by atoms with Gasteiger partial charge in [-0.3, -0.25) is 0 Å². The van der Waals surface area contributed by atoms with Crippen molar-refractivity contribution in [2.24, 2.45) is 0 Å². The van der Waals surface area contributed by atoms with Crippen molar-refractivity contribution in [3.63, 3.8) is 0 Å². The highest BCUT2D eigenvalue weighted by molar-refractivity contribution is 5.57. The Balaban J connectivity index is 2.35. The van der Waals surface area contributed by atoms with Crippen LogP contribution in [0.1, 0.15) is 5.56 Å². The number of anilines is 1. The molecule has 0 saturated heterocycles. The minimum atomic E-state index is -1.08. The zero-order valence-electron chi connectivity index (χ0n) is 9.15. The molecular weight excluding hydrogens is 238 g/mol. The molecule has 0 atom stereocenters. The number of nitrogens with two attached hydrogens (primary N) is 1. The van der Waals surface area contributed by atoms with E-state index in [0.29, 0.717) is 5.56 Å². The second-order valence-corrected chi connectivity index (χ2v) is 3.52. The summed E-state index contributed by atoms with van der Waals surface area (Å²) in [6, 6.07) is 9.81. The van der Waals surface area contributed by atoms with Crippen LogP contribution in [0.3, 0.4) is 0 Å². The van der Waals surface area contributed by atoms with Gasteiger partial charge in [0.05, 0.1) is 17.3 Å². The van der Waals surface area contributed by atoms with Crippen LogP contribution in [0.5, 0.6) is 11.5 Å². The van der Waals surface area contributed by atoms with E-state index in [1.54, 1.807) is 0 Å². The van der Waals surface area contributed by atoms with Gasteiger partial charge in [-0.25, -0.2) is 4.39 Å². The quantitative estimate of drug-likeness (QED) is 0.827. The number of halogens is 2. The van der Waals surface area contributed by atoms with Crippen LogP contribution in [0.25, 0.3) is 0 Å². The molecule has 0 bridgehead atoms. The molecule has 0 unspecified atom stereocenters. The first kappa shape index (κ1) is 11.9. The number of nitriles is 1. The Kier molecular flexibility index (Phi) is 3.11. The van der Waals surface area contributed by atoms with Crippen LogP contribution in [0.4, 0.5) is 14.5 Å². The van der Waals surface area contributed by atoms with Gasteiger partial charge in [-0.15, -0.1) is 0 Å². The molecule has 2 N–H and O–H groups in total. The van der Waals surface area contributed by atoms with E-state index in [1.165, 1.54) is 30.3 Å². The number of hydrogen-bond donors (Lipinski definition) is 1. The van der Waals surface area contributed by atoms with Gasteiger partial charge in [-0.1, -0.05) is 6.07 Å². The second-order valence-electron chi connectivity index (χ2n) is 3.52. The summed E-state index contributed by atoms with van der Waals surface area (Å²) < 4.78 is 31.5. The highest BCUT2D eigenvalue weighted by Gasteiger charge is 2.11. The van der Waals surface area contributed by atoms with Gasteiger partial charge in [0.2, 0.25) is 5.82 Å². The second kappa shape index (κ2) is 4.72. The van der Waals surface area contributed by atoms with Crippen LogP contribution >= 0.6 is 0 Å². The SMILES string of the molecule is N#Cc1ccc(Oc2cccc(F)c2F)c(N)c1. The van der Waals surface area contributed by atoms with Crippen LogP contribution in [-0.4, -0.2) is 0 Å². The number of rotatable bonds is 2. The third kappa shape index (κ3) is 2.23. The molecule has 0 fully saturated rings. The van der Waals surface area contributed by atoms with Crippen molar-refractivity contribution >= 4 is 5.69 Å². The average Bonchev–Trinajstić information content (AvgIpc) is 2.37. The van der Waals surface area contributed by atoms with Crippen LogP contribution < -0.4 is 10.5 Å². The third-order valence-electron chi connectivity index (χ3n) is 2.27. The predicted molar refractivity (Wildman–Crippen MR) is 62.0 cm³/mol. The average molecular weight is 246 g/mol. The highest BCUT2D eigenvalue weighted by Crippen LogP contribution is 2.30. The number of ether oxygens (including phenoxy) is 1. The summed E-state index contributed by atoms with van der Waals surface area (Å²) in [4.78, 5) is 0. The van der Waals surface area contributed by atoms with E-state index in [4.69, 9.17) is 15.7 Å². The first-order valence-corrected chi connectivity index (χ1v) is 5.03. The lowest BCUT2D eigenvalue weighted by atomic mass is 10.2. The Morgan fingerprint density at radius 2 is 1.89 bits per heavy atom. The molecule has 90 valence electrons. The first-order chi connectivity index (χ1) is 8.61. The molecule has 2 rings (SSSR count). The first-order valence-electron chi connectivity index (χ1n) is 5.03. The van der Waals surface area contributed by atoms with Crippen molar-refractivity contribution < 1.29 is 13.5 Å². The summed E-state index contributed by atoms with van der Waals surface area (Å²) in [6.07, 6.45) is 0. The molecule has 0 aliphatic heterocycles. The van der Waals surface area contributed by atoms with E-state index in [1.807, 2.05) is 6.07 Å². The summed E-state index contributed by atoms with van der Waals surface area (Å²) in [6.45, 7) is 0. The van der Waals surface area contributed by atoms with Gasteiger partial charge in [0.25, 0.3) is 0 Å². The van der Waals surface area contributed by atoms with Crippen molar-refractivity contribution in [2.45, 2.75) is 0 Å². The molecule has 3 nitrogen and oxygen atoms in total. The monoisotopic (exact) mass is 246 g/mol. The zero-order chi connectivity index (χ0) is 13.1. The Morgan fingerprint density at radius 3 is 2.56 bits per heavy atom. The lowest BCUT2D eigenvalue weighted by molar-refractivity contribution is 0.417. The normalized spacial score (nSPS) is 9.83. The van der Waals surface area contributed by atoms with Crippen molar-refractivity contribution in [3.8, 4) is 17.6 Å². The van der Waals surface area contributed by atoms with Crippen LogP contribution in [0.15, 0.2) is 36.4 Å².